The van der Waals surface area contributed by atoms with Crippen LogP contribution in [-0.4, -0.2) is 11.7 Å². The maximum absolute atomic E-state index is 13.7. The van der Waals surface area contributed by atoms with Crippen molar-refractivity contribution in [2.24, 2.45) is 5.73 Å². The summed E-state index contributed by atoms with van der Waals surface area (Å²) in [5.74, 6) is -1.85. The highest BCUT2D eigenvalue weighted by Gasteiger charge is 2.26. The van der Waals surface area contributed by atoms with Gasteiger partial charge in [-0.25, -0.2) is 8.78 Å². The Bertz CT molecular complexity index is 574. The number of rotatable bonds is 4. The zero-order valence-electron chi connectivity index (χ0n) is 9.82. The van der Waals surface area contributed by atoms with Crippen molar-refractivity contribution in [1.29, 1.82) is 0 Å². The summed E-state index contributed by atoms with van der Waals surface area (Å²) in [6.45, 7) is 0.00202. The number of aliphatic hydroxyl groups is 1. The second-order valence-corrected chi connectivity index (χ2v) is 4.88. The highest BCUT2D eigenvalue weighted by atomic mass is 79.9. The summed E-state index contributed by atoms with van der Waals surface area (Å²) in [5.41, 5.74) is 5.74. The Morgan fingerprint density at radius 3 is 2.53 bits per heavy atom. The zero-order chi connectivity index (χ0) is 14.0. The van der Waals surface area contributed by atoms with E-state index in [2.05, 4.69) is 15.9 Å². The molecule has 2 atom stereocenters. The summed E-state index contributed by atoms with van der Waals surface area (Å²) in [5, 5.41) is 10.2. The molecule has 3 N–H and O–H groups in total. The standard InChI is InChI=1S/C13H12BrF2NO2/c14-12-4-3-11(19-12)13(18)9(6-17)8-2-1-7(15)5-10(8)16/h1-5,9,13,18H,6,17H2. The van der Waals surface area contributed by atoms with E-state index in [1.165, 1.54) is 6.07 Å². The molecule has 2 rings (SSSR count). The summed E-state index contributed by atoms with van der Waals surface area (Å²) < 4.78 is 32.3. The van der Waals surface area contributed by atoms with E-state index in [4.69, 9.17) is 10.2 Å². The molecule has 0 saturated carbocycles. The molecule has 3 nitrogen and oxygen atoms in total. The van der Waals surface area contributed by atoms with Gasteiger partial charge in [-0.05, 0) is 39.7 Å². The fraction of sp³-hybridized carbons (Fsp3) is 0.231. The molecule has 0 aliphatic rings. The van der Waals surface area contributed by atoms with Crippen molar-refractivity contribution < 1.29 is 18.3 Å². The van der Waals surface area contributed by atoms with Gasteiger partial charge in [0, 0.05) is 18.5 Å². The average Bonchev–Trinajstić information content (AvgIpc) is 2.79. The molecular formula is C13H12BrF2NO2. The van der Waals surface area contributed by atoms with E-state index < -0.39 is 23.7 Å². The second kappa shape index (κ2) is 5.81. The highest BCUT2D eigenvalue weighted by molar-refractivity contribution is 9.10. The molecule has 0 saturated heterocycles. The summed E-state index contributed by atoms with van der Waals surface area (Å²) in [4.78, 5) is 0. The monoisotopic (exact) mass is 331 g/mol. The van der Waals surface area contributed by atoms with Gasteiger partial charge >= 0.3 is 0 Å². The lowest BCUT2D eigenvalue weighted by Crippen LogP contribution is -2.21. The number of aliphatic hydroxyl groups excluding tert-OH is 1. The van der Waals surface area contributed by atoms with Crippen molar-refractivity contribution in [1.82, 2.24) is 0 Å². The van der Waals surface area contributed by atoms with E-state index in [0.29, 0.717) is 4.67 Å². The van der Waals surface area contributed by atoms with Gasteiger partial charge < -0.3 is 15.3 Å². The molecule has 0 amide bonds. The van der Waals surface area contributed by atoms with Crippen LogP contribution in [0.1, 0.15) is 23.3 Å². The molecule has 2 unspecified atom stereocenters. The van der Waals surface area contributed by atoms with E-state index in [1.54, 1.807) is 12.1 Å². The number of benzene rings is 1. The van der Waals surface area contributed by atoms with Crippen LogP contribution >= 0.6 is 15.9 Å². The number of nitrogens with two attached hydrogens (primary N) is 1. The fourth-order valence-corrected chi connectivity index (χ4v) is 2.23. The molecule has 0 aliphatic heterocycles. The Balaban J connectivity index is 2.33. The Morgan fingerprint density at radius 2 is 2.00 bits per heavy atom. The van der Waals surface area contributed by atoms with Gasteiger partial charge in [0.15, 0.2) is 4.67 Å². The normalized spacial score (nSPS) is 14.4. The highest BCUT2D eigenvalue weighted by Crippen LogP contribution is 2.33. The Morgan fingerprint density at radius 1 is 1.26 bits per heavy atom. The first kappa shape index (κ1) is 14.2. The lowest BCUT2D eigenvalue weighted by atomic mass is 9.91. The molecule has 2 aromatic rings. The number of furan rings is 1. The minimum atomic E-state index is -1.10. The number of hydrogen-bond acceptors (Lipinski definition) is 3. The quantitative estimate of drug-likeness (QED) is 0.905. The summed E-state index contributed by atoms with van der Waals surface area (Å²) in [6.07, 6.45) is -1.10. The van der Waals surface area contributed by atoms with Gasteiger partial charge in [0.05, 0.1) is 0 Å². The average molecular weight is 332 g/mol. The van der Waals surface area contributed by atoms with Crippen LogP contribution in [0.15, 0.2) is 39.4 Å². The predicted molar refractivity (Wildman–Crippen MR) is 69.5 cm³/mol. The molecule has 19 heavy (non-hydrogen) atoms. The topological polar surface area (TPSA) is 59.4 Å². The first-order chi connectivity index (χ1) is 9.02. The lowest BCUT2D eigenvalue weighted by Gasteiger charge is -2.20. The van der Waals surface area contributed by atoms with Crippen LogP contribution < -0.4 is 5.73 Å². The van der Waals surface area contributed by atoms with Crippen molar-refractivity contribution in [3.63, 3.8) is 0 Å². The molecule has 0 aliphatic carbocycles. The largest absolute Gasteiger partial charge is 0.452 e. The second-order valence-electron chi connectivity index (χ2n) is 4.09. The molecule has 1 aromatic heterocycles. The summed E-state index contributed by atoms with van der Waals surface area (Å²) in [7, 11) is 0. The smallest absolute Gasteiger partial charge is 0.169 e. The third-order valence-electron chi connectivity index (χ3n) is 2.88. The molecule has 0 radical (unpaired) electrons. The maximum atomic E-state index is 13.7. The zero-order valence-corrected chi connectivity index (χ0v) is 11.4. The molecular weight excluding hydrogens is 320 g/mol. The fourth-order valence-electron chi connectivity index (χ4n) is 1.91. The predicted octanol–water partition coefficient (Wildman–Crippen LogP) is 3.10. The minimum Gasteiger partial charge on any atom is -0.452 e. The number of hydrogen-bond donors (Lipinski definition) is 2. The van der Waals surface area contributed by atoms with Crippen molar-refractivity contribution in [3.05, 3.63) is 58.0 Å². The number of halogens is 3. The van der Waals surface area contributed by atoms with Crippen LogP contribution in [0, 0.1) is 11.6 Å². The molecule has 0 fully saturated rings. The van der Waals surface area contributed by atoms with E-state index in [9.17, 15) is 13.9 Å². The van der Waals surface area contributed by atoms with Crippen molar-refractivity contribution in [3.8, 4) is 0 Å². The molecule has 0 bridgehead atoms. The minimum absolute atomic E-state index is 0.00202. The van der Waals surface area contributed by atoms with Crippen LogP contribution in [0.5, 0.6) is 0 Å². The lowest BCUT2D eigenvalue weighted by molar-refractivity contribution is 0.119. The van der Waals surface area contributed by atoms with Crippen LogP contribution in [-0.2, 0) is 0 Å². The Hall–Kier alpha value is -1.24. The van der Waals surface area contributed by atoms with E-state index in [1.807, 2.05) is 0 Å². The van der Waals surface area contributed by atoms with E-state index in [-0.39, 0.29) is 17.9 Å². The molecule has 0 spiro atoms. The molecule has 102 valence electrons. The first-order valence-corrected chi connectivity index (χ1v) is 6.40. The van der Waals surface area contributed by atoms with Gasteiger partial charge in [0.1, 0.15) is 23.5 Å². The van der Waals surface area contributed by atoms with Crippen LogP contribution in [0.25, 0.3) is 0 Å². The van der Waals surface area contributed by atoms with Crippen molar-refractivity contribution in [2.75, 3.05) is 6.54 Å². The van der Waals surface area contributed by atoms with Crippen LogP contribution in [0.2, 0.25) is 0 Å². The van der Waals surface area contributed by atoms with Gasteiger partial charge in [0.2, 0.25) is 0 Å². The molecule has 6 heteroatoms. The van der Waals surface area contributed by atoms with Crippen LogP contribution in [0.4, 0.5) is 8.78 Å². The SMILES string of the molecule is NCC(c1ccc(F)cc1F)C(O)c1ccc(Br)o1. The van der Waals surface area contributed by atoms with Crippen LogP contribution in [0.3, 0.4) is 0 Å². The third-order valence-corrected chi connectivity index (χ3v) is 3.31. The van der Waals surface area contributed by atoms with E-state index in [0.717, 1.165) is 12.1 Å². The summed E-state index contributed by atoms with van der Waals surface area (Å²) in [6, 6.07) is 6.37. The van der Waals surface area contributed by atoms with Gasteiger partial charge in [-0.15, -0.1) is 0 Å². The molecule has 1 heterocycles. The molecule has 1 aromatic carbocycles. The van der Waals surface area contributed by atoms with Crippen molar-refractivity contribution in [2.45, 2.75) is 12.0 Å². The third kappa shape index (κ3) is 3.02. The van der Waals surface area contributed by atoms with Gasteiger partial charge in [0.25, 0.3) is 0 Å². The first-order valence-electron chi connectivity index (χ1n) is 5.61. The van der Waals surface area contributed by atoms with Gasteiger partial charge in [-0.2, -0.15) is 0 Å². The van der Waals surface area contributed by atoms with Gasteiger partial charge in [-0.1, -0.05) is 6.07 Å². The Kier molecular flexibility index (Phi) is 4.34. The Labute approximate surface area is 117 Å². The van der Waals surface area contributed by atoms with Crippen molar-refractivity contribution >= 4 is 15.9 Å². The van der Waals surface area contributed by atoms with Gasteiger partial charge in [-0.3, -0.25) is 0 Å². The summed E-state index contributed by atoms with van der Waals surface area (Å²) >= 11 is 3.12. The van der Waals surface area contributed by atoms with E-state index >= 15 is 0 Å². The maximum Gasteiger partial charge on any atom is 0.169 e.